The molecule has 104 valence electrons. The lowest BCUT2D eigenvalue weighted by Gasteiger charge is -2.10. The summed E-state index contributed by atoms with van der Waals surface area (Å²) in [5.74, 6) is 1.36. The predicted octanol–water partition coefficient (Wildman–Crippen LogP) is 3.07. The Hall–Kier alpha value is -1.81. The fourth-order valence-corrected chi connectivity index (χ4v) is 2.68. The highest BCUT2D eigenvalue weighted by atomic mass is 35.5. The van der Waals surface area contributed by atoms with E-state index in [1.807, 2.05) is 31.2 Å². The summed E-state index contributed by atoms with van der Waals surface area (Å²) in [6, 6.07) is 7.86. The Balaban J connectivity index is 2.33. The van der Waals surface area contributed by atoms with Crippen LogP contribution >= 0.6 is 11.6 Å². The molecule has 0 radical (unpaired) electrons. The van der Waals surface area contributed by atoms with Gasteiger partial charge in [0.15, 0.2) is 0 Å². The first-order valence-electron chi connectivity index (χ1n) is 6.82. The number of hydrogen-bond acceptors (Lipinski definition) is 2. The van der Waals surface area contributed by atoms with Crippen molar-refractivity contribution in [2.75, 3.05) is 5.88 Å². The highest BCUT2D eigenvalue weighted by Crippen LogP contribution is 2.21. The van der Waals surface area contributed by atoms with Gasteiger partial charge in [0, 0.05) is 29.7 Å². The molecule has 0 aliphatic rings. The van der Waals surface area contributed by atoms with E-state index < -0.39 is 0 Å². The Bertz CT molecular complexity index is 819. The molecule has 0 fully saturated rings. The van der Waals surface area contributed by atoms with Crippen LogP contribution in [-0.2, 0) is 13.0 Å². The van der Waals surface area contributed by atoms with Crippen molar-refractivity contribution in [2.24, 2.45) is 0 Å². The van der Waals surface area contributed by atoms with Crippen LogP contribution in [0.25, 0.3) is 21.9 Å². The van der Waals surface area contributed by atoms with Gasteiger partial charge in [0.05, 0.1) is 0 Å². The number of alkyl halides is 1. The Kier molecular flexibility index (Phi) is 3.49. The van der Waals surface area contributed by atoms with E-state index in [4.69, 9.17) is 11.6 Å². The van der Waals surface area contributed by atoms with Crippen LogP contribution in [0.4, 0.5) is 0 Å². The van der Waals surface area contributed by atoms with Crippen molar-refractivity contribution in [3.63, 3.8) is 0 Å². The van der Waals surface area contributed by atoms with Crippen LogP contribution in [0.3, 0.4) is 0 Å². The molecular formula is C15H16ClN3O. The number of nitrogens with zero attached hydrogens (tertiary/aromatic N) is 2. The van der Waals surface area contributed by atoms with Crippen molar-refractivity contribution in [3.05, 3.63) is 40.4 Å². The molecule has 3 aromatic rings. The number of hydrogen-bond donors (Lipinski definition) is 1. The standard InChI is InChI=1S/C15H16ClN3O/c1-2-12-18-13-10-6-3-4-7-11(10)17-14(13)15(20)19(12)9-5-8-16/h3-4,6-7,17H,2,5,8-9H2,1H3. The minimum Gasteiger partial charge on any atom is -0.349 e. The zero-order valence-electron chi connectivity index (χ0n) is 11.3. The second-order valence-corrected chi connectivity index (χ2v) is 5.15. The van der Waals surface area contributed by atoms with E-state index in [2.05, 4.69) is 9.97 Å². The summed E-state index contributed by atoms with van der Waals surface area (Å²) < 4.78 is 1.74. The molecule has 3 rings (SSSR count). The van der Waals surface area contributed by atoms with E-state index in [-0.39, 0.29) is 5.56 Å². The van der Waals surface area contributed by atoms with Gasteiger partial charge in [0.25, 0.3) is 5.56 Å². The highest BCUT2D eigenvalue weighted by Gasteiger charge is 2.13. The van der Waals surface area contributed by atoms with E-state index in [0.717, 1.165) is 35.1 Å². The van der Waals surface area contributed by atoms with Gasteiger partial charge in [-0.25, -0.2) is 4.98 Å². The molecule has 0 amide bonds. The van der Waals surface area contributed by atoms with Gasteiger partial charge in [0.1, 0.15) is 16.9 Å². The van der Waals surface area contributed by atoms with Crippen LogP contribution in [0.5, 0.6) is 0 Å². The van der Waals surface area contributed by atoms with E-state index in [1.165, 1.54) is 0 Å². The van der Waals surface area contributed by atoms with Crippen LogP contribution in [0.1, 0.15) is 19.2 Å². The van der Waals surface area contributed by atoms with Gasteiger partial charge in [-0.05, 0) is 12.5 Å². The Morgan fingerprint density at radius 1 is 1.35 bits per heavy atom. The smallest absolute Gasteiger partial charge is 0.277 e. The molecule has 0 aliphatic heterocycles. The topological polar surface area (TPSA) is 50.7 Å². The van der Waals surface area contributed by atoms with Crippen molar-refractivity contribution >= 4 is 33.5 Å². The normalized spacial score (nSPS) is 11.5. The summed E-state index contributed by atoms with van der Waals surface area (Å²) in [7, 11) is 0. The maximum absolute atomic E-state index is 12.6. The molecule has 1 N–H and O–H groups in total. The second-order valence-electron chi connectivity index (χ2n) is 4.78. The third-order valence-electron chi connectivity index (χ3n) is 3.52. The number of aromatic nitrogens is 3. The van der Waals surface area contributed by atoms with Gasteiger partial charge in [-0.2, -0.15) is 0 Å². The van der Waals surface area contributed by atoms with Crippen molar-refractivity contribution < 1.29 is 0 Å². The average molecular weight is 290 g/mol. The number of H-pyrrole nitrogens is 1. The van der Waals surface area contributed by atoms with Crippen molar-refractivity contribution in [2.45, 2.75) is 26.3 Å². The lowest BCUT2D eigenvalue weighted by molar-refractivity contribution is 0.612. The lowest BCUT2D eigenvalue weighted by atomic mass is 10.2. The molecule has 4 nitrogen and oxygen atoms in total. The fourth-order valence-electron chi connectivity index (χ4n) is 2.56. The summed E-state index contributed by atoms with van der Waals surface area (Å²) >= 11 is 5.74. The molecule has 5 heteroatoms. The first-order valence-corrected chi connectivity index (χ1v) is 7.35. The van der Waals surface area contributed by atoms with Gasteiger partial charge in [0.2, 0.25) is 0 Å². The van der Waals surface area contributed by atoms with E-state index in [9.17, 15) is 4.79 Å². The zero-order valence-corrected chi connectivity index (χ0v) is 12.1. The number of para-hydroxylation sites is 1. The molecular weight excluding hydrogens is 274 g/mol. The molecule has 0 saturated heterocycles. The molecule has 20 heavy (non-hydrogen) atoms. The summed E-state index contributed by atoms with van der Waals surface area (Å²) in [6.07, 6.45) is 1.49. The van der Waals surface area contributed by atoms with Gasteiger partial charge >= 0.3 is 0 Å². The monoisotopic (exact) mass is 289 g/mol. The number of halogens is 1. The van der Waals surface area contributed by atoms with E-state index in [1.54, 1.807) is 4.57 Å². The van der Waals surface area contributed by atoms with Crippen LogP contribution in [0.2, 0.25) is 0 Å². The number of nitrogens with one attached hydrogen (secondary N) is 1. The first kappa shape index (κ1) is 13.2. The van der Waals surface area contributed by atoms with Gasteiger partial charge in [-0.3, -0.25) is 9.36 Å². The quantitative estimate of drug-likeness (QED) is 0.751. The van der Waals surface area contributed by atoms with Crippen molar-refractivity contribution in [1.29, 1.82) is 0 Å². The number of fused-ring (bicyclic) bond motifs is 3. The summed E-state index contributed by atoms with van der Waals surface area (Å²) in [5.41, 5.74) is 2.29. The van der Waals surface area contributed by atoms with Crippen LogP contribution < -0.4 is 5.56 Å². The largest absolute Gasteiger partial charge is 0.349 e. The predicted molar refractivity (Wildman–Crippen MR) is 82.6 cm³/mol. The Labute approximate surface area is 121 Å². The van der Waals surface area contributed by atoms with Crippen molar-refractivity contribution in [1.82, 2.24) is 14.5 Å². The first-order chi connectivity index (χ1) is 9.76. The number of benzene rings is 1. The molecule has 0 spiro atoms. The van der Waals surface area contributed by atoms with Crippen molar-refractivity contribution in [3.8, 4) is 0 Å². The highest BCUT2D eigenvalue weighted by molar-refractivity contribution is 6.17. The molecule has 0 bridgehead atoms. The summed E-state index contributed by atoms with van der Waals surface area (Å²) in [6.45, 7) is 2.63. The number of aryl methyl sites for hydroxylation is 1. The zero-order chi connectivity index (χ0) is 14.1. The Morgan fingerprint density at radius 3 is 2.90 bits per heavy atom. The summed E-state index contributed by atoms with van der Waals surface area (Å²) in [4.78, 5) is 20.5. The fraction of sp³-hybridized carbons (Fsp3) is 0.333. The number of rotatable bonds is 4. The maximum atomic E-state index is 12.6. The maximum Gasteiger partial charge on any atom is 0.277 e. The average Bonchev–Trinajstić information content (AvgIpc) is 2.85. The van der Waals surface area contributed by atoms with E-state index in [0.29, 0.717) is 17.9 Å². The molecule has 1 aromatic carbocycles. The summed E-state index contributed by atoms with van der Waals surface area (Å²) in [5, 5.41) is 0.999. The number of aromatic amines is 1. The minimum atomic E-state index is -0.00633. The van der Waals surface area contributed by atoms with Gasteiger partial charge in [-0.15, -0.1) is 11.6 Å². The van der Waals surface area contributed by atoms with Crippen LogP contribution in [-0.4, -0.2) is 20.4 Å². The SMILES string of the molecule is CCc1nc2c([nH]c3ccccc32)c(=O)n1CCCCl. The molecule has 2 aromatic heterocycles. The Morgan fingerprint density at radius 2 is 2.15 bits per heavy atom. The molecule has 0 atom stereocenters. The van der Waals surface area contributed by atoms with Crippen LogP contribution in [0, 0.1) is 0 Å². The van der Waals surface area contributed by atoms with Gasteiger partial charge in [-0.1, -0.05) is 25.1 Å². The molecule has 2 heterocycles. The third-order valence-corrected chi connectivity index (χ3v) is 3.79. The molecule has 0 aliphatic carbocycles. The third kappa shape index (κ3) is 2.00. The van der Waals surface area contributed by atoms with Crippen LogP contribution in [0.15, 0.2) is 29.1 Å². The lowest BCUT2D eigenvalue weighted by Crippen LogP contribution is -2.25. The second kappa shape index (κ2) is 5.29. The van der Waals surface area contributed by atoms with Gasteiger partial charge < -0.3 is 4.98 Å². The minimum absolute atomic E-state index is 0.00633. The molecule has 0 saturated carbocycles. The molecule has 0 unspecified atom stereocenters. The van der Waals surface area contributed by atoms with E-state index >= 15 is 0 Å².